The summed E-state index contributed by atoms with van der Waals surface area (Å²) in [6, 6.07) is 0. The number of allylic oxidation sites excluding steroid dienone is 3. The molecule has 0 aliphatic carbocycles. The molecule has 18 heavy (non-hydrogen) atoms. The molecule has 0 aliphatic heterocycles. The number of halogens is 1. The summed E-state index contributed by atoms with van der Waals surface area (Å²) in [7, 11) is 2.89. The number of hydrogen-bond acceptors (Lipinski definition) is 5. The lowest BCUT2D eigenvalue weighted by atomic mass is 10.1. The highest BCUT2D eigenvalue weighted by Gasteiger charge is 2.18. The van der Waals surface area contributed by atoms with Crippen molar-refractivity contribution in [3.05, 3.63) is 35.2 Å². The third-order valence-electron chi connectivity index (χ3n) is 2.07. The molecule has 0 bridgehead atoms. The number of carbonyl (C=O) groups excluding carboxylic acids is 1. The number of carbonyl (C=O) groups is 1. The Morgan fingerprint density at radius 2 is 2.22 bits per heavy atom. The van der Waals surface area contributed by atoms with E-state index in [1.807, 2.05) is 0 Å². The van der Waals surface area contributed by atoms with Gasteiger partial charge in [-0.2, -0.15) is 4.80 Å². The molecule has 0 saturated heterocycles. The van der Waals surface area contributed by atoms with Gasteiger partial charge in [0.2, 0.25) is 5.82 Å². The van der Waals surface area contributed by atoms with Crippen molar-refractivity contribution in [3.8, 4) is 0 Å². The van der Waals surface area contributed by atoms with Crippen LogP contribution in [0.3, 0.4) is 0 Å². The molecule has 1 rings (SSSR count). The molecule has 1 aromatic rings. The average Bonchev–Trinajstić information content (AvgIpc) is 2.80. The number of aryl methyl sites for hydroxylation is 1. The van der Waals surface area contributed by atoms with Gasteiger partial charge in [0, 0.05) is 10.6 Å². The number of rotatable bonds is 4. The van der Waals surface area contributed by atoms with E-state index in [4.69, 9.17) is 11.6 Å². The van der Waals surface area contributed by atoms with Crippen LogP contribution in [-0.4, -0.2) is 33.3 Å². The van der Waals surface area contributed by atoms with E-state index >= 15 is 0 Å². The monoisotopic (exact) mass is 268 g/mol. The van der Waals surface area contributed by atoms with Crippen LogP contribution in [0.5, 0.6) is 0 Å². The maximum atomic E-state index is 11.7. The molecule has 1 aromatic heterocycles. The van der Waals surface area contributed by atoms with Crippen molar-refractivity contribution in [2.45, 2.75) is 6.92 Å². The minimum Gasteiger partial charge on any atom is -0.465 e. The smallest absolute Gasteiger partial charge is 0.338 e. The zero-order valence-corrected chi connectivity index (χ0v) is 11.1. The van der Waals surface area contributed by atoms with E-state index in [2.05, 4.69) is 26.7 Å². The summed E-state index contributed by atoms with van der Waals surface area (Å²) in [5, 5.41) is 11.8. The second kappa shape index (κ2) is 6.11. The minimum atomic E-state index is -0.563. The van der Waals surface area contributed by atoms with E-state index in [0.717, 1.165) is 0 Å². The van der Waals surface area contributed by atoms with Crippen molar-refractivity contribution in [2.75, 3.05) is 7.11 Å². The Labute approximate surface area is 110 Å². The molecule has 0 radical (unpaired) electrons. The molecule has 96 valence electrons. The summed E-state index contributed by atoms with van der Waals surface area (Å²) in [6.45, 7) is 5.51. The largest absolute Gasteiger partial charge is 0.465 e. The van der Waals surface area contributed by atoms with Crippen LogP contribution in [-0.2, 0) is 16.6 Å². The predicted octanol–water partition coefficient (Wildman–Crippen LogP) is 1.47. The molecule has 0 aromatic carbocycles. The Hall–Kier alpha value is -1.95. The summed E-state index contributed by atoms with van der Waals surface area (Å²) in [5.41, 5.74) is 0.489. The van der Waals surface area contributed by atoms with Crippen molar-refractivity contribution >= 4 is 23.1 Å². The normalized spacial score (nSPS) is 12.4. The summed E-state index contributed by atoms with van der Waals surface area (Å²) in [5.74, 6) is -0.317. The van der Waals surface area contributed by atoms with Crippen molar-refractivity contribution in [1.29, 1.82) is 0 Å². The van der Waals surface area contributed by atoms with Crippen LogP contribution in [0.1, 0.15) is 12.7 Å². The first-order valence-corrected chi connectivity index (χ1v) is 5.42. The Balaban J connectivity index is 3.16. The molecular weight excluding hydrogens is 256 g/mol. The van der Waals surface area contributed by atoms with Crippen LogP contribution >= 0.6 is 11.6 Å². The molecule has 0 spiro atoms. The first kappa shape index (κ1) is 14.1. The number of esters is 1. The Kier molecular flexibility index (Phi) is 4.79. The fourth-order valence-electron chi connectivity index (χ4n) is 1.13. The van der Waals surface area contributed by atoms with Gasteiger partial charge < -0.3 is 4.74 Å². The highest BCUT2D eigenvalue weighted by atomic mass is 35.5. The molecule has 0 amide bonds. The van der Waals surface area contributed by atoms with E-state index in [1.54, 1.807) is 20.0 Å². The zero-order chi connectivity index (χ0) is 13.7. The minimum absolute atomic E-state index is 0.189. The standard InChI is InChI=1S/C11H13ClN4O2/c1-5-8(12)6-9(11(17)18-4)7(2)10-13-15-16(3)14-10/h5-6H,2H2,1,3-4H3/b8-5+,9-6+. The number of methoxy groups -OCH3 is 1. The van der Waals surface area contributed by atoms with Gasteiger partial charge in [0.1, 0.15) is 0 Å². The van der Waals surface area contributed by atoms with E-state index < -0.39 is 5.97 Å². The molecule has 7 heteroatoms. The SMILES string of the molecule is C=C(/C(=C\C(Cl)=C/C)C(=O)OC)c1nnn(C)n1. The van der Waals surface area contributed by atoms with Gasteiger partial charge in [-0.3, -0.25) is 0 Å². The van der Waals surface area contributed by atoms with E-state index in [-0.39, 0.29) is 11.4 Å². The van der Waals surface area contributed by atoms with Gasteiger partial charge in [0.15, 0.2) is 0 Å². The summed E-state index contributed by atoms with van der Waals surface area (Å²) >= 11 is 5.87. The summed E-state index contributed by atoms with van der Waals surface area (Å²) in [4.78, 5) is 12.9. The van der Waals surface area contributed by atoms with Crippen LogP contribution < -0.4 is 0 Å². The average molecular weight is 269 g/mol. The van der Waals surface area contributed by atoms with Gasteiger partial charge in [0.05, 0.1) is 19.7 Å². The summed E-state index contributed by atoms with van der Waals surface area (Å²) < 4.78 is 4.67. The van der Waals surface area contributed by atoms with Crippen molar-refractivity contribution in [1.82, 2.24) is 20.2 Å². The fraction of sp³-hybridized carbons (Fsp3) is 0.273. The van der Waals surface area contributed by atoms with Crippen molar-refractivity contribution < 1.29 is 9.53 Å². The highest BCUT2D eigenvalue weighted by molar-refractivity contribution is 6.31. The quantitative estimate of drug-likeness (QED) is 0.470. The molecule has 0 aliphatic rings. The van der Waals surface area contributed by atoms with Crippen LogP contribution in [0, 0.1) is 0 Å². The van der Waals surface area contributed by atoms with Crippen molar-refractivity contribution in [3.63, 3.8) is 0 Å². The van der Waals surface area contributed by atoms with Crippen LogP contribution in [0.25, 0.3) is 5.57 Å². The van der Waals surface area contributed by atoms with E-state index in [1.165, 1.54) is 18.0 Å². The van der Waals surface area contributed by atoms with Crippen molar-refractivity contribution in [2.24, 2.45) is 7.05 Å². The van der Waals surface area contributed by atoms with Crippen LogP contribution in [0.15, 0.2) is 29.3 Å². The molecule has 0 N–H and O–H groups in total. The first-order chi connectivity index (χ1) is 8.49. The maximum absolute atomic E-state index is 11.7. The third kappa shape index (κ3) is 3.27. The first-order valence-electron chi connectivity index (χ1n) is 5.05. The second-order valence-electron chi connectivity index (χ2n) is 3.30. The number of hydrogen-bond donors (Lipinski definition) is 0. The summed E-state index contributed by atoms with van der Waals surface area (Å²) in [6.07, 6.45) is 3.09. The number of aromatic nitrogens is 4. The fourth-order valence-corrected chi connectivity index (χ4v) is 1.23. The number of nitrogens with zero attached hydrogens (tertiary/aromatic N) is 4. The molecule has 1 heterocycles. The molecular formula is C11H13ClN4O2. The molecule has 6 nitrogen and oxygen atoms in total. The van der Waals surface area contributed by atoms with Gasteiger partial charge in [-0.05, 0) is 18.2 Å². The molecule has 0 unspecified atom stereocenters. The van der Waals surface area contributed by atoms with Crippen LogP contribution in [0.2, 0.25) is 0 Å². The second-order valence-corrected chi connectivity index (χ2v) is 3.74. The van der Waals surface area contributed by atoms with Crippen LogP contribution in [0.4, 0.5) is 0 Å². The molecule has 0 fully saturated rings. The lowest BCUT2D eigenvalue weighted by Crippen LogP contribution is -2.07. The Morgan fingerprint density at radius 1 is 1.56 bits per heavy atom. The zero-order valence-electron chi connectivity index (χ0n) is 10.3. The molecule has 0 atom stereocenters. The highest BCUT2D eigenvalue weighted by Crippen LogP contribution is 2.21. The lowest BCUT2D eigenvalue weighted by molar-refractivity contribution is -0.135. The third-order valence-corrected chi connectivity index (χ3v) is 2.39. The number of tetrazole rings is 1. The maximum Gasteiger partial charge on any atom is 0.338 e. The van der Waals surface area contributed by atoms with E-state index in [0.29, 0.717) is 10.6 Å². The van der Waals surface area contributed by atoms with Gasteiger partial charge >= 0.3 is 5.97 Å². The Morgan fingerprint density at radius 3 is 2.67 bits per heavy atom. The van der Waals surface area contributed by atoms with E-state index in [9.17, 15) is 4.79 Å². The van der Waals surface area contributed by atoms with Gasteiger partial charge in [-0.15, -0.1) is 10.2 Å². The van der Waals surface area contributed by atoms with Gasteiger partial charge in [-0.1, -0.05) is 24.3 Å². The predicted molar refractivity (Wildman–Crippen MR) is 67.5 cm³/mol. The van der Waals surface area contributed by atoms with Gasteiger partial charge in [0.25, 0.3) is 0 Å². The lowest BCUT2D eigenvalue weighted by Gasteiger charge is -2.05. The number of ether oxygens (including phenoxy) is 1. The molecule has 0 saturated carbocycles. The Bertz CT molecular complexity index is 531. The topological polar surface area (TPSA) is 69.9 Å². The van der Waals surface area contributed by atoms with Gasteiger partial charge in [-0.25, -0.2) is 4.79 Å².